The van der Waals surface area contributed by atoms with Crippen molar-refractivity contribution in [2.45, 2.75) is 44.2 Å². The summed E-state index contributed by atoms with van der Waals surface area (Å²) in [6.45, 7) is 5.00. The summed E-state index contributed by atoms with van der Waals surface area (Å²) >= 11 is 0. The van der Waals surface area contributed by atoms with Crippen molar-refractivity contribution in [2.24, 2.45) is 0 Å². The number of amides is 1. The van der Waals surface area contributed by atoms with Gasteiger partial charge in [0.2, 0.25) is 5.91 Å². The molecule has 152 valence electrons. The zero-order chi connectivity index (χ0) is 20.0. The molecule has 0 bridgehead atoms. The summed E-state index contributed by atoms with van der Waals surface area (Å²) in [5, 5.41) is 9.70. The van der Waals surface area contributed by atoms with Gasteiger partial charge >= 0.3 is 0 Å². The van der Waals surface area contributed by atoms with Crippen LogP contribution in [-0.2, 0) is 11.3 Å². The normalized spacial score (nSPS) is 20.3. The van der Waals surface area contributed by atoms with Crippen LogP contribution in [0.3, 0.4) is 0 Å². The first-order chi connectivity index (χ1) is 13.6. The summed E-state index contributed by atoms with van der Waals surface area (Å²) in [5.41, 5.74) is 0.684. The van der Waals surface area contributed by atoms with E-state index in [1.165, 1.54) is 12.0 Å². The number of hydrogen-bond acceptors (Lipinski definition) is 5. The molecule has 1 saturated carbocycles. The fraction of sp³-hybridized carbons (Fsp3) is 0.636. The second-order valence-electron chi connectivity index (χ2n) is 8.06. The average Bonchev–Trinajstić information content (AvgIpc) is 2.75. The molecular weight excluding hydrogens is 352 g/mol. The number of carbonyl (C=O) groups excluding carboxylic acids is 1. The number of rotatable bonds is 6. The van der Waals surface area contributed by atoms with Crippen molar-refractivity contribution in [3.8, 4) is 11.8 Å². The molecule has 1 aliphatic carbocycles. The molecular formula is C22H32N4O2. The molecule has 1 amide bonds. The zero-order valence-electron chi connectivity index (χ0n) is 17.2. The van der Waals surface area contributed by atoms with Crippen LogP contribution in [0.15, 0.2) is 24.3 Å². The summed E-state index contributed by atoms with van der Waals surface area (Å²) in [6, 6.07) is 10.7. The standard InChI is InChI=1S/C22H32N4O2/c1-24(22(18-23)10-4-3-5-11-22)21(27)17-26-14-12-25(13-15-26)16-19-6-8-20(28-2)9-7-19/h6-9H,3-5,10-17H2,1-2H3. The predicted molar refractivity (Wildman–Crippen MR) is 109 cm³/mol. The van der Waals surface area contributed by atoms with Crippen LogP contribution in [0.2, 0.25) is 0 Å². The van der Waals surface area contributed by atoms with Crippen LogP contribution in [0.4, 0.5) is 0 Å². The molecule has 0 aromatic heterocycles. The largest absolute Gasteiger partial charge is 0.497 e. The van der Waals surface area contributed by atoms with E-state index in [0.29, 0.717) is 6.54 Å². The van der Waals surface area contributed by atoms with Gasteiger partial charge in [0.05, 0.1) is 19.7 Å². The maximum atomic E-state index is 12.8. The lowest BCUT2D eigenvalue weighted by Crippen LogP contribution is -2.54. The Kier molecular flexibility index (Phi) is 6.93. The summed E-state index contributed by atoms with van der Waals surface area (Å²) in [5.74, 6) is 0.955. The summed E-state index contributed by atoms with van der Waals surface area (Å²) in [4.78, 5) is 19.2. The van der Waals surface area contributed by atoms with Crippen LogP contribution in [0.5, 0.6) is 5.75 Å². The molecule has 1 saturated heterocycles. The van der Waals surface area contributed by atoms with Gasteiger partial charge in [-0.15, -0.1) is 0 Å². The summed E-state index contributed by atoms with van der Waals surface area (Å²) in [6.07, 6.45) is 4.86. The molecule has 2 fully saturated rings. The highest BCUT2D eigenvalue weighted by Gasteiger charge is 2.39. The van der Waals surface area contributed by atoms with E-state index < -0.39 is 5.54 Å². The van der Waals surface area contributed by atoms with Crippen molar-refractivity contribution in [3.05, 3.63) is 29.8 Å². The second-order valence-corrected chi connectivity index (χ2v) is 8.06. The van der Waals surface area contributed by atoms with E-state index in [-0.39, 0.29) is 5.91 Å². The fourth-order valence-electron chi connectivity index (χ4n) is 4.29. The number of hydrogen-bond donors (Lipinski definition) is 0. The highest BCUT2D eigenvalue weighted by Crippen LogP contribution is 2.32. The maximum Gasteiger partial charge on any atom is 0.237 e. The number of ether oxygens (including phenoxy) is 1. The van der Waals surface area contributed by atoms with E-state index in [0.717, 1.165) is 64.2 Å². The molecule has 0 N–H and O–H groups in total. The van der Waals surface area contributed by atoms with Crippen LogP contribution in [-0.4, -0.2) is 73.0 Å². The Labute approximate surface area is 168 Å². The third-order valence-corrected chi connectivity index (χ3v) is 6.29. The highest BCUT2D eigenvalue weighted by molar-refractivity contribution is 5.79. The average molecular weight is 385 g/mol. The van der Waals surface area contributed by atoms with Crippen molar-refractivity contribution in [3.63, 3.8) is 0 Å². The molecule has 0 spiro atoms. The van der Waals surface area contributed by atoms with Crippen LogP contribution < -0.4 is 4.74 Å². The Morgan fingerprint density at radius 1 is 1.11 bits per heavy atom. The van der Waals surface area contributed by atoms with Gasteiger partial charge < -0.3 is 9.64 Å². The van der Waals surface area contributed by atoms with Crippen LogP contribution in [0.1, 0.15) is 37.7 Å². The summed E-state index contributed by atoms with van der Waals surface area (Å²) < 4.78 is 5.21. The van der Waals surface area contributed by atoms with Crippen molar-refractivity contribution in [1.29, 1.82) is 5.26 Å². The molecule has 0 radical (unpaired) electrons. The van der Waals surface area contributed by atoms with Crippen LogP contribution in [0, 0.1) is 11.3 Å². The van der Waals surface area contributed by atoms with Crippen LogP contribution in [0.25, 0.3) is 0 Å². The van der Waals surface area contributed by atoms with E-state index in [1.807, 2.05) is 19.2 Å². The molecule has 6 heteroatoms. The van der Waals surface area contributed by atoms with Gasteiger partial charge in [0.1, 0.15) is 11.3 Å². The first-order valence-corrected chi connectivity index (χ1v) is 10.3. The Bertz CT molecular complexity index is 683. The van der Waals surface area contributed by atoms with Crippen molar-refractivity contribution in [1.82, 2.24) is 14.7 Å². The lowest BCUT2D eigenvalue weighted by atomic mass is 9.81. The van der Waals surface area contributed by atoms with Crippen molar-refractivity contribution < 1.29 is 9.53 Å². The number of nitriles is 1. The fourth-order valence-corrected chi connectivity index (χ4v) is 4.29. The minimum atomic E-state index is -0.592. The van der Waals surface area contributed by atoms with E-state index in [4.69, 9.17) is 4.74 Å². The summed E-state index contributed by atoms with van der Waals surface area (Å²) in [7, 11) is 3.50. The quantitative estimate of drug-likeness (QED) is 0.754. The SMILES string of the molecule is COc1ccc(CN2CCN(CC(=O)N(C)C3(C#N)CCCCC3)CC2)cc1. The van der Waals surface area contributed by atoms with E-state index >= 15 is 0 Å². The lowest BCUT2D eigenvalue weighted by Gasteiger charge is -2.41. The molecule has 6 nitrogen and oxygen atoms in total. The zero-order valence-corrected chi connectivity index (χ0v) is 17.2. The van der Waals surface area contributed by atoms with Gasteiger partial charge in [0, 0.05) is 39.8 Å². The molecule has 2 aliphatic rings. The minimum absolute atomic E-state index is 0.0760. The molecule has 1 aliphatic heterocycles. The molecule has 3 rings (SSSR count). The van der Waals surface area contributed by atoms with Crippen LogP contribution >= 0.6 is 0 Å². The smallest absolute Gasteiger partial charge is 0.237 e. The van der Waals surface area contributed by atoms with Gasteiger partial charge in [-0.1, -0.05) is 31.4 Å². The number of benzene rings is 1. The lowest BCUT2D eigenvalue weighted by molar-refractivity contribution is -0.136. The van der Waals surface area contributed by atoms with Gasteiger partial charge in [0.15, 0.2) is 0 Å². The molecule has 0 unspecified atom stereocenters. The molecule has 1 aromatic carbocycles. The molecule has 0 atom stereocenters. The topological polar surface area (TPSA) is 59.8 Å². The van der Waals surface area contributed by atoms with E-state index in [1.54, 1.807) is 12.0 Å². The Hall–Kier alpha value is -2.10. The predicted octanol–water partition coefficient (Wildman–Crippen LogP) is 2.50. The number of carbonyl (C=O) groups is 1. The highest BCUT2D eigenvalue weighted by atomic mass is 16.5. The maximum absolute atomic E-state index is 12.8. The van der Waals surface area contributed by atoms with Gasteiger partial charge in [0.25, 0.3) is 0 Å². The van der Waals surface area contributed by atoms with Crippen molar-refractivity contribution >= 4 is 5.91 Å². The Balaban J connectivity index is 1.46. The van der Waals surface area contributed by atoms with Gasteiger partial charge in [-0.25, -0.2) is 0 Å². The van der Waals surface area contributed by atoms with E-state index in [9.17, 15) is 10.1 Å². The van der Waals surface area contributed by atoms with Crippen molar-refractivity contribution in [2.75, 3.05) is 46.9 Å². The second kappa shape index (κ2) is 9.40. The third kappa shape index (κ3) is 4.84. The number of piperazine rings is 1. The number of methoxy groups -OCH3 is 1. The number of likely N-dealkylation sites (N-methyl/N-ethyl adjacent to an activating group) is 1. The minimum Gasteiger partial charge on any atom is -0.497 e. The first kappa shape index (κ1) is 20.6. The molecule has 1 heterocycles. The molecule has 28 heavy (non-hydrogen) atoms. The van der Waals surface area contributed by atoms with Gasteiger partial charge in [-0.05, 0) is 30.5 Å². The molecule has 1 aromatic rings. The Morgan fingerprint density at radius 2 is 1.71 bits per heavy atom. The number of nitrogens with zero attached hydrogens (tertiary/aromatic N) is 4. The van der Waals surface area contributed by atoms with Gasteiger partial charge in [-0.2, -0.15) is 5.26 Å². The monoisotopic (exact) mass is 384 g/mol. The first-order valence-electron chi connectivity index (χ1n) is 10.3. The third-order valence-electron chi connectivity index (χ3n) is 6.29. The Morgan fingerprint density at radius 3 is 2.29 bits per heavy atom. The van der Waals surface area contributed by atoms with Gasteiger partial charge in [-0.3, -0.25) is 14.6 Å². The van der Waals surface area contributed by atoms with E-state index in [2.05, 4.69) is 28.0 Å².